The van der Waals surface area contributed by atoms with Crippen molar-refractivity contribution in [2.24, 2.45) is 0 Å². The maximum Gasteiger partial charge on any atom is 0.261 e. The first-order valence-corrected chi connectivity index (χ1v) is 8.05. The Labute approximate surface area is 121 Å². The standard InChI is InChI=1S/C13H13NO4S2/c1-9(15)13-12(7-8-19-13)14-20(16,17)11-5-3-10(18-2)4-6-11/h3-8,14H,1-2H3. The molecule has 1 aromatic heterocycles. The molecule has 1 aromatic carbocycles. The van der Waals surface area contributed by atoms with Crippen LogP contribution in [0.1, 0.15) is 16.6 Å². The lowest BCUT2D eigenvalue weighted by Crippen LogP contribution is -2.13. The molecule has 2 rings (SSSR count). The van der Waals surface area contributed by atoms with Crippen molar-refractivity contribution < 1.29 is 17.9 Å². The summed E-state index contributed by atoms with van der Waals surface area (Å²) < 4.78 is 31.8. The van der Waals surface area contributed by atoms with Crippen LogP contribution in [0, 0.1) is 0 Å². The van der Waals surface area contributed by atoms with Gasteiger partial charge in [0.15, 0.2) is 5.78 Å². The molecule has 1 heterocycles. The molecule has 0 atom stereocenters. The molecule has 0 saturated heterocycles. The Morgan fingerprint density at radius 2 is 1.85 bits per heavy atom. The zero-order valence-corrected chi connectivity index (χ0v) is 12.5. The summed E-state index contributed by atoms with van der Waals surface area (Å²) in [5.74, 6) is 0.399. The number of hydrogen-bond acceptors (Lipinski definition) is 5. The molecule has 20 heavy (non-hydrogen) atoms. The summed E-state index contributed by atoms with van der Waals surface area (Å²) in [6.07, 6.45) is 0. The first kappa shape index (κ1) is 14.5. The molecule has 7 heteroatoms. The first-order valence-electron chi connectivity index (χ1n) is 5.69. The van der Waals surface area contributed by atoms with Crippen molar-refractivity contribution in [2.45, 2.75) is 11.8 Å². The fourth-order valence-electron chi connectivity index (χ4n) is 1.62. The number of Topliss-reactive ketones (excluding diaryl/α,β-unsaturated/α-hetero) is 1. The molecule has 0 bridgehead atoms. The van der Waals surface area contributed by atoms with Gasteiger partial charge in [-0.1, -0.05) is 0 Å². The van der Waals surface area contributed by atoms with E-state index in [1.165, 1.54) is 37.5 Å². The van der Waals surface area contributed by atoms with Crippen LogP contribution in [-0.2, 0) is 10.0 Å². The van der Waals surface area contributed by atoms with Crippen LogP contribution < -0.4 is 9.46 Å². The topological polar surface area (TPSA) is 72.5 Å². The largest absolute Gasteiger partial charge is 0.497 e. The number of hydrogen-bond donors (Lipinski definition) is 1. The molecular weight excluding hydrogens is 298 g/mol. The Hall–Kier alpha value is -1.86. The normalized spacial score (nSPS) is 11.1. The third-order valence-electron chi connectivity index (χ3n) is 2.60. The zero-order chi connectivity index (χ0) is 14.8. The summed E-state index contributed by atoms with van der Waals surface area (Å²) >= 11 is 1.20. The SMILES string of the molecule is COc1ccc(S(=O)(=O)Nc2ccsc2C(C)=O)cc1. The van der Waals surface area contributed by atoms with Crippen LogP contribution in [0.15, 0.2) is 40.6 Å². The fraction of sp³-hybridized carbons (Fsp3) is 0.154. The molecule has 0 saturated carbocycles. The Balaban J connectivity index is 2.30. The minimum Gasteiger partial charge on any atom is -0.497 e. The average molecular weight is 311 g/mol. The second kappa shape index (κ2) is 5.64. The maximum atomic E-state index is 12.2. The van der Waals surface area contributed by atoms with Gasteiger partial charge >= 0.3 is 0 Å². The highest BCUT2D eigenvalue weighted by Crippen LogP contribution is 2.26. The van der Waals surface area contributed by atoms with Crippen molar-refractivity contribution in [3.8, 4) is 5.75 Å². The predicted octanol–water partition coefficient (Wildman–Crippen LogP) is 2.76. The van der Waals surface area contributed by atoms with Crippen molar-refractivity contribution in [1.29, 1.82) is 0 Å². The molecule has 5 nitrogen and oxygen atoms in total. The lowest BCUT2D eigenvalue weighted by Gasteiger charge is -2.08. The highest BCUT2D eigenvalue weighted by atomic mass is 32.2. The van der Waals surface area contributed by atoms with Gasteiger partial charge in [-0.2, -0.15) is 0 Å². The minimum atomic E-state index is -3.72. The van der Waals surface area contributed by atoms with Crippen LogP contribution in [0.4, 0.5) is 5.69 Å². The summed E-state index contributed by atoms with van der Waals surface area (Å²) in [6, 6.07) is 7.59. The molecule has 0 aliphatic rings. The van der Waals surface area contributed by atoms with E-state index < -0.39 is 10.0 Å². The smallest absolute Gasteiger partial charge is 0.261 e. The van der Waals surface area contributed by atoms with Gasteiger partial charge < -0.3 is 4.74 Å². The van der Waals surface area contributed by atoms with E-state index in [2.05, 4.69) is 4.72 Å². The quantitative estimate of drug-likeness (QED) is 0.862. The van der Waals surface area contributed by atoms with Gasteiger partial charge in [-0.15, -0.1) is 11.3 Å². The van der Waals surface area contributed by atoms with E-state index in [4.69, 9.17) is 4.74 Å². The molecule has 0 fully saturated rings. The van der Waals surface area contributed by atoms with Crippen molar-refractivity contribution in [1.82, 2.24) is 0 Å². The van der Waals surface area contributed by atoms with Crippen molar-refractivity contribution in [3.05, 3.63) is 40.6 Å². The molecule has 0 radical (unpaired) electrons. The Morgan fingerprint density at radius 3 is 2.40 bits per heavy atom. The van der Waals surface area contributed by atoms with E-state index in [0.717, 1.165) is 0 Å². The number of nitrogens with one attached hydrogen (secondary N) is 1. The third kappa shape index (κ3) is 3.00. The number of anilines is 1. The van der Waals surface area contributed by atoms with E-state index in [9.17, 15) is 13.2 Å². The van der Waals surface area contributed by atoms with Gasteiger partial charge in [-0.05, 0) is 35.7 Å². The first-order chi connectivity index (χ1) is 9.44. The second-order valence-electron chi connectivity index (χ2n) is 4.00. The Morgan fingerprint density at radius 1 is 1.20 bits per heavy atom. The highest BCUT2D eigenvalue weighted by Gasteiger charge is 2.18. The van der Waals surface area contributed by atoms with Crippen LogP contribution in [0.3, 0.4) is 0 Å². The molecule has 0 aliphatic carbocycles. The summed E-state index contributed by atoms with van der Waals surface area (Å²) in [4.78, 5) is 11.9. The van der Waals surface area contributed by atoms with Crippen molar-refractivity contribution in [3.63, 3.8) is 0 Å². The average Bonchev–Trinajstić information content (AvgIpc) is 2.86. The van der Waals surface area contributed by atoms with E-state index in [-0.39, 0.29) is 10.7 Å². The monoisotopic (exact) mass is 311 g/mol. The van der Waals surface area contributed by atoms with Gasteiger partial charge in [0.05, 0.1) is 22.6 Å². The number of methoxy groups -OCH3 is 1. The molecule has 0 amide bonds. The van der Waals surface area contributed by atoms with Crippen LogP contribution in [0.25, 0.3) is 0 Å². The van der Waals surface area contributed by atoms with E-state index >= 15 is 0 Å². The molecule has 1 N–H and O–H groups in total. The van der Waals surface area contributed by atoms with E-state index in [0.29, 0.717) is 16.3 Å². The fourth-order valence-corrected chi connectivity index (χ4v) is 3.51. The third-order valence-corrected chi connectivity index (χ3v) is 5.00. The number of carbonyl (C=O) groups excluding carboxylic acids is 1. The molecular formula is C13H13NO4S2. The van der Waals surface area contributed by atoms with Crippen molar-refractivity contribution >= 4 is 32.8 Å². The van der Waals surface area contributed by atoms with Crippen LogP contribution >= 0.6 is 11.3 Å². The number of sulfonamides is 1. The summed E-state index contributed by atoms with van der Waals surface area (Å²) in [5.41, 5.74) is 0.304. The van der Waals surface area contributed by atoms with Crippen LogP contribution in [-0.4, -0.2) is 21.3 Å². The Kier molecular flexibility index (Phi) is 4.10. The number of ketones is 1. The highest BCUT2D eigenvalue weighted by molar-refractivity contribution is 7.92. The van der Waals surface area contributed by atoms with Crippen molar-refractivity contribution in [2.75, 3.05) is 11.8 Å². The summed E-state index contributed by atoms with van der Waals surface area (Å²) in [7, 11) is -2.21. The molecule has 106 valence electrons. The lowest BCUT2D eigenvalue weighted by molar-refractivity contribution is 0.102. The van der Waals surface area contributed by atoms with Gasteiger partial charge in [0.25, 0.3) is 10.0 Å². The number of benzene rings is 1. The number of rotatable bonds is 5. The molecule has 2 aromatic rings. The predicted molar refractivity (Wildman–Crippen MR) is 78.1 cm³/mol. The summed E-state index contributed by atoms with van der Waals surface area (Å²) in [5, 5.41) is 1.67. The molecule has 0 spiro atoms. The Bertz CT molecular complexity index is 717. The second-order valence-corrected chi connectivity index (χ2v) is 6.60. The summed E-state index contributed by atoms with van der Waals surface area (Å²) in [6.45, 7) is 1.40. The molecule has 0 aliphatic heterocycles. The van der Waals surface area contributed by atoms with Gasteiger partial charge in [0.1, 0.15) is 5.75 Å². The zero-order valence-electron chi connectivity index (χ0n) is 10.9. The van der Waals surface area contributed by atoms with Gasteiger partial charge in [0.2, 0.25) is 0 Å². The van der Waals surface area contributed by atoms with Gasteiger partial charge in [0, 0.05) is 6.92 Å². The minimum absolute atomic E-state index is 0.110. The van der Waals surface area contributed by atoms with Gasteiger partial charge in [-0.25, -0.2) is 8.42 Å². The van der Waals surface area contributed by atoms with E-state index in [1.807, 2.05) is 0 Å². The molecule has 0 unspecified atom stereocenters. The van der Waals surface area contributed by atoms with E-state index in [1.54, 1.807) is 23.6 Å². The number of thiophene rings is 1. The van der Waals surface area contributed by atoms with Gasteiger partial charge in [-0.3, -0.25) is 9.52 Å². The van der Waals surface area contributed by atoms with Crippen LogP contribution in [0.2, 0.25) is 0 Å². The number of carbonyl (C=O) groups is 1. The lowest BCUT2D eigenvalue weighted by atomic mass is 10.3. The number of ether oxygens (including phenoxy) is 1. The maximum absolute atomic E-state index is 12.2. The van der Waals surface area contributed by atoms with Crippen LogP contribution in [0.5, 0.6) is 5.75 Å².